The lowest BCUT2D eigenvalue weighted by molar-refractivity contribution is -0.155. The second-order valence-electron chi connectivity index (χ2n) is 8.90. The summed E-state index contributed by atoms with van der Waals surface area (Å²) in [5, 5.41) is 3.43. The van der Waals surface area contributed by atoms with Crippen LogP contribution in [0.3, 0.4) is 0 Å². The molecule has 0 bridgehead atoms. The number of benzene rings is 2. The maximum Gasteiger partial charge on any atom is 0.327 e. The predicted octanol–water partition coefficient (Wildman–Crippen LogP) is 3.30. The number of amides is 2. The molecule has 0 unspecified atom stereocenters. The predicted molar refractivity (Wildman–Crippen MR) is 127 cm³/mol. The number of fused-ring (bicyclic) bond motifs is 1. The van der Waals surface area contributed by atoms with Crippen LogP contribution in [0.1, 0.15) is 38.3 Å². The van der Waals surface area contributed by atoms with Crippen LogP contribution in [0.2, 0.25) is 0 Å². The van der Waals surface area contributed by atoms with Gasteiger partial charge in [0.25, 0.3) is 0 Å². The van der Waals surface area contributed by atoms with Crippen molar-refractivity contribution in [3.63, 3.8) is 0 Å². The smallest absolute Gasteiger partial charge is 0.327 e. The normalized spacial score (nSPS) is 26.4. The minimum Gasteiger partial charge on any atom is -0.465 e. The fraction of sp³-hybridized carbons (Fsp3) is 0.423. The number of ether oxygens (including phenoxy) is 1. The molecule has 2 fully saturated rings. The fourth-order valence-electron chi connectivity index (χ4n) is 5.27. The van der Waals surface area contributed by atoms with E-state index in [-0.39, 0.29) is 18.4 Å². The summed E-state index contributed by atoms with van der Waals surface area (Å²) in [4.78, 5) is 44.1. The van der Waals surface area contributed by atoms with Crippen LogP contribution in [-0.2, 0) is 19.1 Å². The Morgan fingerprint density at radius 3 is 2.27 bits per heavy atom. The van der Waals surface area contributed by atoms with Gasteiger partial charge in [-0.25, -0.2) is 4.90 Å². The second kappa shape index (κ2) is 8.98. The number of carbonyl (C=O) groups excluding carboxylic acids is 3. The van der Waals surface area contributed by atoms with E-state index in [1.807, 2.05) is 56.3 Å². The molecule has 2 amide bonds. The topological polar surface area (TPSA) is 79.0 Å². The lowest BCUT2D eigenvalue weighted by Crippen LogP contribution is -2.56. The zero-order valence-corrected chi connectivity index (χ0v) is 19.6. The standard InChI is InChI=1S/C26H31N3O4/c1-5-16-26(25(32)33-6-2)21-20(22(27-26)17-12-14-18(15-13-17)28(3)4)23(30)29(24(21)31)19-10-8-7-9-11-19/h7-15,20-22,27H,5-6,16H2,1-4H3/t20-,21-,22-,26+/m0/s1. The molecular weight excluding hydrogens is 418 g/mol. The Morgan fingerprint density at radius 2 is 1.70 bits per heavy atom. The quantitative estimate of drug-likeness (QED) is 0.516. The van der Waals surface area contributed by atoms with Crippen LogP contribution in [0.25, 0.3) is 0 Å². The van der Waals surface area contributed by atoms with Crippen LogP contribution in [0.4, 0.5) is 11.4 Å². The van der Waals surface area contributed by atoms with Gasteiger partial charge in [0.05, 0.1) is 24.1 Å². The summed E-state index contributed by atoms with van der Waals surface area (Å²) in [6.45, 7) is 3.92. The molecular formula is C26H31N3O4. The molecule has 33 heavy (non-hydrogen) atoms. The van der Waals surface area contributed by atoms with Crippen molar-refractivity contribution in [3.05, 3.63) is 60.2 Å². The van der Waals surface area contributed by atoms with E-state index in [0.717, 1.165) is 11.3 Å². The zero-order chi connectivity index (χ0) is 23.8. The molecule has 2 aliphatic heterocycles. The zero-order valence-electron chi connectivity index (χ0n) is 19.6. The van der Waals surface area contributed by atoms with Crippen LogP contribution in [0, 0.1) is 11.8 Å². The van der Waals surface area contributed by atoms with Gasteiger partial charge in [0.1, 0.15) is 5.54 Å². The highest BCUT2D eigenvalue weighted by Crippen LogP contribution is 2.51. The van der Waals surface area contributed by atoms with Crippen molar-refractivity contribution in [3.8, 4) is 0 Å². The van der Waals surface area contributed by atoms with Crippen molar-refractivity contribution in [1.29, 1.82) is 0 Å². The number of para-hydroxylation sites is 1. The number of nitrogens with one attached hydrogen (secondary N) is 1. The van der Waals surface area contributed by atoms with E-state index in [1.54, 1.807) is 31.2 Å². The second-order valence-corrected chi connectivity index (χ2v) is 8.90. The minimum atomic E-state index is -1.25. The third-order valence-corrected chi connectivity index (χ3v) is 6.72. The molecule has 4 rings (SSSR count). The molecule has 2 aliphatic rings. The van der Waals surface area contributed by atoms with Gasteiger partial charge < -0.3 is 9.64 Å². The highest BCUT2D eigenvalue weighted by molar-refractivity contribution is 6.24. The Hall–Kier alpha value is -3.19. The highest BCUT2D eigenvalue weighted by atomic mass is 16.5. The fourth-order valence-corrected chi connectivity index (χ4v) is 5.27. The van der Waals surface area contributed by atoms with Gasteiger partial charge in [0, 0.05) is 25.8 Å². The summed E-state index contributed by atoms with van der Waals surface area (Å²) >= 11 is 0. The lowest BCUT2D eigenvalue weighted by Gasteiger charge is -2.32. The van der Waals surface area contributed by atoms with Gasteiger partial charge in [0.15, 0.2) is 0 Å². The summed E-state index contributed by atoms with van der Waals surface area (Å²) in [5.41, 5.74) is 1.17. The molecule has 0 spiro atoms. The molecule has 0 aliphatic carbocycles. The SMILES string of the molecule is CCC[C@@]1(C(=O)OCC)N[C@@H](c2ccc(N(C)C)cc2)[C@H]2C(=O)N(c3ccccc3)C(=O)[C@H]21. The van der Waals surface area contributed by atoms with E-state index in [4.69, 9.17) is 4.74 Å². The Kier molecular flexibility index (Phi) is 6.26. The largest absolute Gasteiger partial charge is 0.465 e. The molecule has 0 aromatic heterocycles. The number of carbonyl (C=O) groups is 3. The summed E-state index contributed by atoms with van der Waals surface area (Å²) in [7, 11) is 3.92. The number of anilines is 2. The number of hydrogen-bond donors (Lipinski definition) is 1. The van der Waals surface area contributed by atoms with Crippen LogP contribution >= 0.6 is 0 Å². The molecule has 4 atom stereocenters. The highest BCUT2D eigenvalue weighted by Gasteiger charge is 2.68. The molecule has 1 N–H and O–H groups in total. The molecule has 2 aromatic rings. The maximum atomic E-state index is 13.8. The van der Waals surface area contributed by atoms with Gasteiger partial charge in [-0.2, -0.15) is 0 Å². The summed E-state index contributed by atoms with van der Waals surface area (Å²) in [6, 6.07) is 16.3. The van der Waals surface area contributed by atoms with Crippen LogP contribution in [0.15, 0.2) is 54.6 Å². The first-order valence-electron chi connectivity index (χ1n) is 11.5. The van der Waals surface area contributed by atoms with Crippen molar-refractivity contribution in [1.82, 2.24) is 5.32 Å². The summed E-state index contributed by atoms with van der Waals surface area (Å²) in [6.07, 6.45) is 1.06. The lowest BCUT2D eigenvalue weighted by atomic mass is 9.77. The molecule has 174 valence electrons. The van der Waals surface area contributed by atoms with Crippen molar-refractivity contribution in [2.75, 3.05) is 30.5 Å². The van der Waals surface area contributed by atoms with Crippen molar-refractivity contribution >= 4 is 29.2 Å². The molecule has 2 heterocycles. The first-order chi connectivity index (χ1) is 15.9. The van der Waals surface area contributed by atoms with Crippen molar-refractivity contribution in [2.24, 2.45) is 11.8 Å². The first kappa shape index (κ1) is 23.0. The number of nitrogens with zero attached hydrogens (tertiary/aromatic N) is 2. The monoisotopic (exact) mass is 449 g/mol. The van der Waals surface area contributed by atoms with E-state index < -0.39 is 29.4 Å². The Bertz CT molecular complexity index is 1040. The first-order valence-corrected chi connectivity index (χ1v) is 11.5. The van der Waals surface area contributed by atoms with Crippen LogP contribution in [-0.4, -0.2) is 44.0 Å². The van der Waals surface area contributed by atoms with Gasteiger partial charge in [-0.05, 0) is 43.2 Å². The Labute approximate surface area is 194 Å². The van der Waals surface area contributed by atoms with Gasteiger partial charge in [-0.1, -0.05) is 43.7 Å². The van der Waals surface area contributed by atoms with E-state index in [1.165, 1.54) is 4.90 Å². The van der Waals surface area contributed by atoms with E-state index in [0.29, 0.717) is 18.5 Å². The van der Waals surface area contributed by atoms with E-state index in [2.05, 4.69) is 5.32 Å². The van der Waals surface area contributed by atoms with Gasteiger partial charge in [-0.15, -0.1) is 0 Å². The molecule has 7 heteroatoms. The van der Waals surface area contributed by atoms with Gasteiger partial charge >= 0.3 is 5.97 Å². The molecule has 0 saturated carbocycles. The summed E-state index contributed by atoms with van der Waals surface area (Å²) in [5.74, 6) is -2.63. The van der Waals surface area contributed by atoms with Crippen molar-refractivity contribution in [2.45, 2.75) is 38.3 Å². The van der Waals surface area contributed by atoms with Gasteiger partial charge in [0.2, 0.25) is 11.8 Å². The Balaban J connectivity index is 1.83. The third kappa shape index (κ3) is 3.70. The maximum absolute atomic E-state index is 13.8. The number of esters is 1. The minimum absolute atomic E-state index is 0.204. The summed E-state index contributed by atoms with van der Waals surface area (Å²) < 4.78 is 5.46. The molecule has 2 saturated heterocycles. The average Bonchev–Trinajstić information content (AvgIpc) is 3.29. The van der Waals surface area contributed by atoms with Gasteiger partial charge in [-0.3, -0.25) is 19.7 Å². The van der Waals surface area contributed by atoms with E-state index in [9.17, 15) is 14.4 Å². The molecule has 7 nitrogen and oxygen atoms in total. The Morgan fingerprint density at radius 1 is 1.03 bits per heavy atom. The van der Waals surface area contributed by atoms with Crippen molar-refractivity contribution < 1.29 is 19.1 Å². The third-order valence-electron chi connectivity index (χ3n) is 6.72. The molecule has 0 radical (unpaired) electrons. The van der Waals surface area contributed by atoms with Crippen LogP contribution < -0.4 is 15.1 Å². The average molecular weight is 450 g/mol. The van der Waals surface area contributed by atoms with Crippen LogP contribution in [0.5, 0.6) is 0 Å². The number of rotatable bonds is 7. The number of imide groups is 1. The van der Waals surface area contributed by atoms with E-state index >= 15 is 0 Å². The molecule has 2 aromatic carbocycles. The number of hydrogen-bond acceptors (Lipinski definition) is 6.